The molecule has 1 aliphatic rings. The Morgan fingerprint density at radius 3 is 2.94 bits per heavy atom. The fourth-order valence-corrected chi connectivity index (χ4v) is 2.73. The van der Waals surface area contributed by atoms with Crippen molar-refractivity contribution < 1.29 is 4.74 Å². The van der Waals surface area contributed by atoms with E-state index in [1.807, 2.05) is 0 Å². The molecule has 1 aliphatic carbocycles. The van der Waals surface area contributed by atoms with Crippen molar-refractivity contribution in [2.24, 2.45) is 5.92 Å². The van der Waals surface area contributed by atoms with Crippen molar-refractivity contribution in [3.05, 3.63) is 10.7 Å². The summed E-state index contributed by atoms with van der Waals surface area (Å²) in [6.07, 6.45) is 8.03. The van der Waals surface area contributed by atoms with Gasteiger partial charge in [-0.1, -0.05) is 19.8 Å². The number of aromatic nitrogens is 2. The van der Waals surface area contributed by atoms with Gasteiger partial charge in [0.2, 0.25) is 11.8 Å². The first-order valence-electron chi connectivity index (χ1n) is 6.52. The van der Waals surface area contributed by atoms with Crippen LogP contribution in [0.3, 0.4) is 0 Å². The third-order valence-electron chi connectivity index (χ3n) is 3.50. The first-order chi connectivity index (χ1) is 8.69. The molecule has 0 amide bonds. The van der Waals surface area contributed by atoms with E-state index in [-0.39, 0.29) is 0 Å². The molecule has 2 unspecified atom stereocenters. The molecule has 5 heteroatoms. The van der Waals surface area contributed by atoms with E-state index in [0.717, 1.165) is 10.4 Å². The van der Waals surface area contributed by atoms with Crippen LogP contribution in [0.5, 0.6) is 5.88 Å². The number of methoxy groups -OCH3 is 1. The lowest BCUT2D eigenvalue weighted by Crippen LogP contribution is -2.20. The van der Waals surface area contributed by atoms with Crippen LogP contribution in [0, 0.1) is 5.92 Å². The monoisotopic (exact) mass is 313 g/mol. The van der Waals surface area contributed by atoms with Crippen LogP contribution >= 0.6 is 15.9 Å². The normalized spacial score (nSPS) is 24.4. The van der Waals surface area contributed by atoms with Gasteiger partial charge in [-0.2, -0.15) is 4.98 Å². The standard InChI is InChI=1S/C13H20BrN3O/c1-9-4-3-5-10(7-6-9)16-13-15-8-11(14)12(17-13)18-2/h8-10H,3-7H2,1-2H3,(H,15,16,17). The third-order valence-corrected chi connectivity index (χ3v) is 4.04. The van der Waals surface area contributed by atoms with Crippen LogP contribution in [0.4, 0.5) is 5.95 Å². The Morgan fingerprint density at radius 2 is 2.17 bits per heavy atom. The highest BCUT2D eigenvalue weighted by Gasteiger charge is 2.17. The van der Waals surface area contributed by atoms with Gasteiger partial charge in [0.15, 0.2) is 0 Å². The second-order valence-corrected chi connectivity index (χ2v) is 5.86. The number of rotatable bonds is 3. The fourth-order valence-electron chi connectivity index (χ4n) is 2.38. The molecule has 1 aromatic heterocycles. The minimum atomic E-state index is 0.487. The zero-order valence-corrected chi connectivity index (χ0v) is 12.5. The topological polar surface area (TPSA) is 47.0 Å². The summed E-state index contributed by atoms with van der Waals surface area (Å²) in [4.78, 5) is 8.62. The van der Waals surface area contributed by atoms with Crippen molar-refractivity contribution in [2.45, 2.75) is 45.1 Å². The van der Waals surface area contributed by atoms with Gasteiger partial charge in [0.25, 0.3) is 0 Å². The van der Waals surface area contributed by atoms with Gasteiger partial charge in [0.1, 0.15) is 0 Å². The van der Waals surface area contributed by atoms with E-state index in [4.69, 9.17) is 4.74 Å². The molecule has 4 nitrogen and oxygen atoms in total. The summed E-state index contributed by atoms with van der Waals surface area (Å²) in [5, 5.41) is 3.42. The second kappa shape index (κ2) is 6.36. The van der Waals surface area contributed by atoms with Crippen molar-refractivity contribution >= 4 is 21.9 Å². The lowest BCUT2D eigenvalue weighted by atomic mass is 10.0. The number of nitrogens with zero attached hydrogens (tertiary/aromatic N) is 2. The van der Waals surface area contributed by atoms with Crippen LogP contribution < -0.4 is 10.1 Å². The zero-order chi connectivity index (χ0) is 13.0. The molecule has 2 atom stereocenters. The van der Waals surface area contributed by atoms with Gasteiger partial charge in [-0.05, 0) is 41.1 Å². The van der Waals surface area contributed by atoms with Crippen molar-refractivity contribution in [1.82, 2.24) is 9.97 Å². The van der Waals surface area contributed by atoms with E-state index < -0.39 is 0 Å². The van der Waals surface area contributed by atoms with Crippen molar-refractivity contribution in [1.29, 1.82) is 0 Å². The maximum atomic E-state index is 5.18. The summed E-state index contributed by atoms with van der Waals surface area (Å²) < 4.78 is 5.96. The Hall–Kier alpha value is -0.840. The molecule has 0 aromatic carbocycles. The van der Waals surface area contributed by atoms with Crippen LogP contribution in [0.25, 0.3) is 0 Å². The number of halogens is 1. The molecule has 0 spiro atoms. The van der Waals surface area contributed by atoms with E-state index in [2.05, 4.69) is 38.1 Å². The van der Waals surface area contributed by atoms with Gasteiger partial charge in [-0.25, -0.2) is 4.98 Å². The summed E-state index contributed by atoms with van der Waals surface area (Å²) in [6, 6.07) is 0.487. The van der Waals surface area contributed by atoms with Gasteiger partial charge in [-0.15, -0.1) is 0 Å². The number of ether oxygens (including phenoxy) is 1. The summed E-state index contributed by atoms with van der Waals surface area (Å²) in [5.74, 6) is 2.08. The van der Waals surface area contributed by atoms with Gasteiger partial charge >= 0.3 is 0 Å². The first kappa shape index (κ1) is 13.6. The van der Waals surface area contributed by atoms with Crippen LogP contribution in [0.2, 0.25) is 0 Å². The Morgan fingerprint density at radius 1 is 1.33 bits per heavy atom. The number of hydrogen-bond acceptors (Lipinski definition) is 4. The lowest BCUT2D eigenvalue weighted by molar-refractivity contribution is 0.394. The molecule has 0 radical (unpaired) electrons. The van der Waals surface area contributed by atoms with Crippen LogP contribution in [-0.2, 0) is 0 Å². The zero-order valence-electron chi connectivity index (χ0n) is 10.9. The van der Waals surface area contributed by atoms with Crippen LogP contribution in [0.15, 0.2) is 10.7 Å². The molecule has 18 heavy (non-hydrogen) atoms. The molecule has 1 heterocycles. The van der Waals surface area contributed by atoms with E-state index in [9.17, 15) is 0 Å². The van der Waals surface area contributed by atoms with Crippen LogP contribution in [0.1, 0.15) is 39.0 Å². The molecule has 1 N–H and O–H groups in total. The van der Waals surface area contributed by atoms with Crippen molar-refractivity contribution in [3.8, 4) is 5.88 Å². The minimum absolute atomic E-state index is 0.487. The average Bonchev–Trinajstić information content (AvgIpc) is 2.57. The first-order valence-corrected chi connectivity index (χ1v) is 7.31. The largest absolute Gasteiger partial charge is 0.480 e. The Balaban J connectivity index is 2.00. The highest BCUT2D eigenvalue weighted by molar-refractivity contribution is 9.10. The highest BCUT2D eigenvalue weighted by Crippen LogP contribution is 2.26. The Bertz CT molecular complexity index is 400. The molecule has 0 aliphatic heterocycles. The second-order valence-electron chi connectivity index (χ2n) is 5.01. The molecule has 0 saturated heterocycles. The fraction of sp³-hybridized carbons (Fsp3) is 0.692. The van der Waals surface area contributed by atoms with Crippen molar-refractivity contribution in [3.63, 3.8) is 0 Å². The van der Waals surface area contributed by atoms with Gasteiger partial charge in [0, 0.05) is 6.04 Å². The average molecular weight is 314 g/mol. The van der Waals surface area contributed by atoms with Crippen LogP contribution in [-0.4, -0.2) is 23.1 Å². The Labute approximate surface area is 117 Å². The molecule has 0 bridgehead atoms. The smallest absolute Gasteiger partial charge is 0.232 e. The summed E-state index contributed by atoms with van der Waals surface area (Å²) in [5.41, 5.74) is 0. The highest BCUT2D eigenvalue weighted by atomic mass is 79.9. The van der Waals surface area contributed by atoms with Crippen molar-refractivity contribution in [2.75, 3.05) is 12.4 Å². The van der Waals surface area contributed by atoms with E-state index in [0.29, 0.717) is 17.9 Å². The van der Waals surface area contributed by atoms with E-state index >= 15 is 0 Å². The molecular formula is C13H20BrN3O. The quantitative estimate of drug-likeness (QED) is 0.866. The van der Waals surface area contributed by atoms with E-state index in [1.54, 1.807) is 13.3 Å². The van der Waals surface area contributed by atoms with Gasteiger partial charge in [0.05, 0.1) is 17.8 Å². The maximum absolute atomic E-state index is 5.18. The molecule has 2 rings (SSSR count). The molecule has 1 aromatic rings. The lowest BCUT2D eigenvalue weighted by Gasteiger charge is -2.16. The maximum Gasteiger partial charge on any atom is 0.232 e. The number of anilines is 1. The van der Waals surface area contributed by atoms with Gasteiger partial charge in [-0.3, -0.25) is 0 Å². The molecule has 1 fully saturated rings. The molecule has 1 saturated carbocycles. The Kier molecular flexibility index (Phi) is 4.80. The minimum Gasteiger partial charge on any atom is -0.480 e. The predicted octanol–water partition coefficient (Wildman–Crippen LogP) is 3.63. The summed E-state index contributed by atoms with van der Waals surface area (Å²) >= 11 is 3.36. The molecular weight excluding hydrogens is 294 g/mol. The SMILES string of the molecule is COc1nc(NC2CCCC(C)CC2)ncc1Br. The summed E-state index contributed by atoms with van der Waals surface area (Å²) in [6.45, 7) is 2.33. The number of hydrogen-bond donors (Lipinski definition) is 1. The number of nitrogens with one attached hydrogen (secondary N) is 1. The molecule has 100 valence electrons. The predicted molar refractivity (Wildman–Crippen MR) is 75.9 cm³/mol. The van der Waals surface area contributed by atoms with Gasteiger partial charge < -0.3 is 10.1 Å². The van der Waals surface area contributed by atoms with E-state index in [1.165, 1.54) is 32.1 Å². The summed E-state index contributed by atoms with van der Waals surface area (Å²) in [7, 11) is 1.62. The third kappa shape index (κ3) is 3.57.